The quantitative estimate of drug-likeness (QED) is 0.238. The predicted octanol–water partition coefficient (Wildman–Crippen LogP) is 1.16. The van der Waals surface area contributed by atoms with Crippen molar-refractivity contribution in [2.45, 2.75) is 38.6 Å². The van der Waals surface area contributed by atoms with E-state index in [1.807, 2.05) is 6.92 Å². The first-order valence-corrected chi connectivity index (χ1v) is 9.97. The summed E-state index contributed by atoms with van der Waals surface area (Å²) in [6.07, 6.45) is 3.76. The smallest absolute Gasteiger partial charge is 0.409 e. The van der Waals surface area contributed by atoms with Crippen LogP contribution in [0.2, 0.25) is 0 Å². The molecule has 2 rings (SSSR count). The fourth-order valence-electron chi connectivity index (χ4n) is 3.39. The molecule has 158 valence electrons. The molecule has 2 aliphatic rings. The van der Waals surface area contributed by atoms with Crippen LogP contribution in [0.5, 0.6) is 0 Å². The van der Waals surface area contributed by atoms with Gasteiger partial charge in [0.15, 0.2) is 5.96 Å². The number of nitrogens with one attached hydrogen (secondary N) is 1. The van der Waals surface area contributed by atoms with E-state index in [-0.39, 0.29) is 36.1 Å². The first kappa shape index (κ1) is 24.2. The number of rotatable bonds is 7. The molecule has 0 atom stereocenters. The molecule has 0 aromatic heterocycles. The number of piperazine rings is 1. The molecule has 27 heavy (non-hydrogen) atoms. The fraction of sp³-hybridized carbons (Fsp3) is 0.889. The number of halogens is 1. The molecule has 0 unspecified atom stereocenters. The highest BCUT2D eigenvalue weighted by molar-refractivity contribution is 14.0. The number of nitrogens with zero attached hydrogens (tertiary/aromatic N) is 4. The van der Waals surface area contributed by atoms with Crippen molar-refractivity contribution in [2.24, 2.45) is 10.7 Å². The first-order chi connectivity index (χ1) is 12.6. The molecule has 0 spiro atoms. The SMILES string of the molecule is CCOC(=O)N1CCC(NC(N)=NCCCCN2CCN(C)CC2)CC1.I. The molecule has 2 fully saturated rings. The number of likely N-dealkylation sites (tertiary alicyclic amines) is 1. The Labute approximate surface area is 180 Å². The van der Waals surface area contributed by atoms with Crippen molar-refractivity contribution in [1.29, 1.82) is 0 Å². The number of piperidine rings is 1. The van der Waals surface area contributed by atoms with Crippen LogP contribution in [-0.2, 0) is 4.74 Å². The largest absolute Gasteiger partial charge is 0.450 e. The lowest BCUT2D eigenvalue weighted by Crippen LogP contribution is -2.48. The third kappa shape index (κ3) is 9.29. The van der Waals surface area contributed by atoms with Crippen LogP contribution in [0.1, 0.15) is 32.6 Å². The first-order valence-electron chi connectivity index (χ1n) is 9.97. The second-order valence-corrected chi connectivity index (χ2v) is 7.22. The summed E-state index contributed by atoms with van der Waals surface area (Å²) in [5.41, 5.74) is 6.00. The minimum Gasteiger partial charge on any atom is -0.450 e. The summed E-state index contributed by atoms with van der Waals surface area (Å²) in [7, 11) is 2.18. The van der Waals surface area contributed by atoms with E-state index < -0.39 is 0 Å². The van der Waals surface area contributed by atoms with Crippen molar-refractivity contribution in [1.82, 2.24) is 20.0 Å². The monoisotopic (exact) mass is 496 g/mol. The van der Waals surface area contributed by atoms with Crippen molar-refractivity contribution >= 4 is 36.0 Å². The van der Waals surface area contributed by atoms with E-state index >= 15 is 0 Å². The fourth-order valence-corrected chi connectivity index (χ4v) is 3.39. The summed E-state index contributed by atoms with van der Waals surface area (Å²) in [5, 5.41) is 3.29. The maximum absolute atomic E-state index is 11.7. The Morgan fingerprint density at radius 1 is 1.15 bits per heavy atom. The lowest BCUT2D eigenvalue weighted by molar-refractivity contribution is 0.0963. The molecule has 0 aromatic rings. The molecule has 8 nitrogen and oxygen atoms in total. The highest BCUT2D eigenvalue weighted by Gasteiger charge is 2.23. The molecule has 2 aliphatic heterocycles. The van der Waals surface area contributed by atoms with E-state index in [1.54, 1.807) is 4.90 Å². The van der Waals surface area contributed by atoms with Gasteiger partial charge in [-0.25, -0.2) is 4.79 Å². The van der Waals surface area contributed by atoms with Crippen molar-refractivity contribution < 1.29 is 9.53 Å². The standard InChI is InChI=1S/C18H36N6O2.HI/c1-3-26-18(25)24-10-6-16(7-11-24)21-17(19)20-8-4-5-9-23-14-12-22(2)13-15-23;/h16H,3-15H2,1-2H3,(H3,19,20,21);1H. The van der Waals surface area contributed by atoms with Gasteiger partial charge in [0.2, 0.25) is 0 Å². The number of amides is 1. The third-order valence-electron chi connectivity index (χ3n) is 5.13. The van der Waals surface area contributed by atoms with Crippen molar-refractivity contribution in [2.75, 3.05) is 66.0 Å². The van der Waals surface area contributed by atoms with Crippen LogP contribution >= 0.6 is 24.0 Å². The number of nitrogens with two attached hydrogens (primary N) is 1. The molecule has 2 saturated heterocycles. The average Bonchev–Trinajstić information content (AvgIpc) is 2.64. The molecule has 3 N–H and O–H groups in total. The molecule has 0 saturated carbocycles. The molecule has 0 aromatic carbocycles. The molecule has 0 aliphatic carbocycles. The van der Waals surface area contributed by atoms with E-state index in [4.69, 9.17) is 10.5 Å². The summed E-state index contributed by atoms with van der Waals surface area (Å²) in [4.78, 5) is 22.8. The zero-order valence-electron chi connectivity index (χ0n) is 16.9. The zero-order valence-corrected chi connectivity index (χ0v) is 19.2. The Morgan fingerprint density at radius 3 is 2.44 bits per heavy atom. The van der Waals surface area contributed by atoms with Crippen LogP contribution in [0.3, 0.4) is 0 Å². The van der Waals surface area contributed by atoms with Gasteiger partial charge in [-0.1, -0.05) is 0 Å². The average molecular weight is 496 g/mol. The number of carbonyl (C=O) groups is 1. The Balaban J connectivity index is 0.00000364. The molecular weight excluding hydrogens is 459 g/mol. The van der Waals surface area contributed by atoms with Gasteiger partial charge in [0.1, 0.15) is 0 Å². The van der Waals surface area contributed by atoms with Crippen LogP contribution in [0.4, 0.5) is 4.79 Å². The van der Waals surface area contributed by atoms with Crippen LogP contribution in [0.15, 0.2) is 4.99 Å². The Morgan fingerprint density at radius 2 is 1.81 bits per heavy atom. The number of ether oxygens (including phenoxy) is 1. The number of hydrogen-bond donors (Lipinski definition) is 2. The van der Waals surface area contributed by atoms with Gasteiger partial charge in [-0.05, 0) is 46.2 Å². The van der Waals surface area contributed by atoms with E-state index in [9.17, 15) is 4.79 Å². The van der Waals surface area contributed by atoms with Crippen LogP contribution < -0.4 is 11.1 Å². The highest BCUT2D eigenvalue weighted by atomic mass is 127. The van der Waals surface area contributed by atoms with Gasteiger partial charge in [0, 0.05) is 51.9 Å². The maximum atomic E-state index is 11.7. The van der Waals surface area contributed by atoms with Crippen LogP contribution in [0.25, 0.3) is 0 Å². The summed E-state index contributed by atoms with van der Waals surface area (Å²) in [6, 6.07) is 0.287. The Hall–Kier alpha value is -0.810. The van der Waals surface area contributed by atoms with Gasteiger partial charge in [0.25, 0.3) is 0 Å². The zero-order chi connectivity index (χ0) is 18.8. The second kappa shape index (κ2) is 13.4. The molecule has 9 heteroatoms. The summed E-state index contributed by atoms with van der Waals surface area (Å²) < 4.78 is 5.04. The number of likely N-dealkylation sites (N-methyl/N-ethyl adjacent to an activating group) is 1. The van der Waals surface area contributed by atoms with Crippen molar-refractivity contribution in [3.63, 3.8) is 0 Å². The van der Waals surface area contributed by atoms with E-state index in [0.29, 0.717) is 25.7 Å². The van der Waals surface area contributed by atoms with E-state index in [2.05, 4.69) is 27.2 Å². The lowest BCUT2D eigenvalue weighted by atomic mass is 10.1. The number of carbonyl (C=O) groups excluding carboxylic acids is 1. The minimum atomic E-state index is -0.215. The maximum Gasteiger partial charge on any atom is 0.409 e. The van der Waals surface area contributed by atoms with Crippen molar-refractivity contribution in [3.8, 4) is 0 Å². The third-order valence-corrected chi connectivity index (χ3v) is 5.13. The minimum absolute atomic E-state index is 0. The van der Waals surface area contributed by atoms with Gasteiger partial charge in [-0.15, -0.1) is 24.0 Å². The van der Waals surface area contributed by atoms with Gasteiger partial charge < -0.3 is 30.5 Å². The molecule has 2 heterocycles. The van der Waals surface area contributed by atoms with Gasteiger partial charge in [-0.2, -0.15) is 0 Å². The molecule has 0 radical (unpaired) electrons. The van der Waals surface area contributed by atoms with Crippen LogP contribution in [0, 0.1) is 0 Å². The van der Waals surface area contributed by atoms with E-state index in [0.717, 1.165) is 32.4 Å². The van der Waals surface area contributed by atoms with Gasteiger partial charge in [-0.3, -0.25) is 4.99 Å². The normalized spacial score (nSPS) is 20.2. The van der Waals surface area contributed by atoms with Crippen molar-refractivity contribution in [3.05, 3.63) is 0 Å². The number of unbranched alkanes of at least 4 members (excludes halogenated alkanes) is 1. The summed E-state index contributed by atoms with van der Waals surface area (Å²) in [5.74, 6) is 0.527. The molecule has 1 amide bonds. The lowest BCUT2D eigenvalue weighted by Gasteiger charge is -2.32. The van der Waals surface area contributed by atoms with Gasteiger partial charge >= 0.3 is 6.09 Å². The molecular formula is C18H37IN6O2. The summed E-state index contributed by atoms with van der Waals surface area (Å²) >= 11 is 0. The van der Waals surface area contributed by atoms with E-state index in [1.165, 1.54) is 32.6 Å². The second-order valence-electron chi connectivity index (χ2n) is 7.22. The van der Waals surface area contributed by atoms with Crippen LogP contribution in [-0.4, -0.2) is 98.8 Å². The predicted molar refractivity (Wildman–Crippen MR) is 120 cm³/mol. The Bertz CT molecular complexity index is 449. The molecule has 0 bridgehead atoms. The highest BCUT2D eigenvalue weighted by Crippen LogP contribution is 2.11. The number of aliphatic imine (C=N–C) groups is 1. The topological polar surface area (TPSA) is 86.4 Å². The van der Waals surface area contributed by atoms with Gasteiger partial charge in [0.05, 0.1) is 6.61 Å². The Kier molecular flexibility index (Phi) is 12.0. The number of guanidine groups is 1. The summed E-state index contributed by atoms with van der Waals surface area (Å²) in [6.45, 7) is 10.3. The number of hydrogen-bond acceptors (Lipinski definition) is 5.